The fourth-order valence-corrected chi connectivity index (χ4v) is 0.766. The average molecular weight is 218 g/mol. The summed E-state index contributed by atoms with van der Waals surface area (Å²) in [5.41, 5.74) is 14.8. The van der Waals surface area contributed by atoms with Gasteiger partial charge in [0, 0.05) is 0 Å². The topological polar surface area (TPSA) is 151 Å². The zero-order valence-electron chi connectivity index (χ0n) is 8.06. The maximum atomic E-state index is 11.1. The van der Waals surface area contributed by atoms with Gasteiger partial charge >= 0.3 is 6.09 Å². The maximum absolute atomic E-state index is 11.1. The van der Waals surface area contributed by atoms with Gasteiger partial charge < -0.3 is 27.3 Å². The van der Waals surface area contributed by atoms with Crippen LogP contribution in [0.4, 0.5) is 4.79 Å². The van der Waals surface area contributed by atoms with Crippen molar-refractivity contribution >= 4 is 17.9 Å². The van der Waals surface area contributed by atoms with E-state index in [4.69, 9.17) is 11.5 Å². The molecule has 0 spiro atoms. The van der Waals surface area contributed by atoms with E-state index in [0.29, 0.717) is 0 Å². The molecule has 0 radical (unpaired) electrons. The summed E-state index contributed by atoms with van der Waals surface area (Å²) >= 11 is 0. The van der Waals surface area contributed by atoms with Crippen molar-refractivity contribution in [3.05, 3.63) is 0 Å². The van der Waals surface area contributed by atoms with Crippen LogP contribution >= 0.6 is 0 Å². The Morgan fingerprint density at radius 2 is 1.87 bits per heavy atom. The molecular weight excluding hydrogens is 204 g/mol. The van der Waals surface area contributed by atoms with Crippen LogP contribution in [0, 0.1) is 0 Å². The summed E-state index contributed by atoms with van der Waals surface area (Å²) in [5.74, 6) is -1.20. The van der Waals surface area contributed by atoms with Crippen molar-refractivity contribution in [2.45, 2.75) is 12.5 Å². The molecule has 0 heterocycles. The smallest absolute Gasteiger partial charge is 0.404 e. The second-order valence-electron chi connectivity index (χ2n) is 2.74. The van der Waals surface area contributed by atoms with Crippen LogP contribution in [0.15, 0.2) is 0 Å². The third kappa shape index (κ3) is 7.26. The van der Waals surface area contributed by atoms with E-state index in [1.165, 1.54) is 0 Å². The van der Waals surface area contributed by atoms with E-state index in [0.717, 1.165) is 0 Å². The molecule has 0 aromatic rings. The van der Waals surface area contributed by atoms with Crippen LogP contribution in [0.3, 0.4) is 0 Å². The molecule has 0 rings (SSSR count). The van der Waals surface area contributed by atoms with E-state index < -0.39 is 23.9 Å². The Bertz CT molecular complexity index is 255. The van der Waals surface area contributed by atoms with Crippen LogP contribution in [0.1, 0.15) is 6.42 Å². The van der Waals surface area contributed by atoms with Crippen LogP contribution in [-0.4, -0.2) is 37.1 Å². The number of primary amides is 2. The standard InChI is InChI=1S/C7H14N4O4/c8-4(3-5(9)12)6(13)11-1-2-15-7(10)14/h4H,1-3,8H2,(H2,9,12)(H2,10,14)(H,11,13). The molecule has 86 valence electrons. The number of carbonyl (C=O) groups excluding carboxylic acids is 3. The van der Waals surface area contributed by atoms with E-state index in [1.807, 2.05) is 0 Å². The minimum atomic E-state index is -0.990. The third-order valence-corrected chi connectivity index (χ3v) is 1.40. The number of nitrogens with one attached hydrogen (secondary N) is 1. The molecule has 15 heavy (non-hydrogen) atoms. The van der Waals surface area contributed by atoms with Crippen LogP contribution in [0.5, 0.6) is 0 Å². The largest absolute Gasteiger partial charge is 0.448 e. The molecule has 1 unspecified atom stereocenters. The summed E-state index contributed by atoms with van der Waals surface area (Å²) in [4.78, 5) is 31.6. The number of rotatable bonds is 6. The van der Waals surface area contributed by atoms with Crippen molar-refractivity contribution < 1.29 is 19.1 Å². The van der Waals surface area contributed by atoms with Gasteiger partial charge in [-0.05, 0) is 0 Å². The van der Waals surface area contributed by atoms with Gasteiger partial charge in [0.15, 0.2) is 0 Å². The molecule has 0 fully saturated rings. The van der Waals surface area contributed by atoms with Crippen molar-refractivity contribution in [3.8, 4) is 0 Å². The number of amides is 3. The number of hydrogen-bond donors (Lipinski definition) is 4. The van der Waals surface area contributed by atoms with E-state index in [1.54, 1.807) is 0 Å². The fourth-order valence-electron chi connectivity index (χ4n) is 0.766. The van der Waals surface area contributed by atoms with E-state index >= 15 is 0 Å². The average Bonchev–Trinajstić information content (AvgIpc) is 2.10. The minimum Gasteiger partial charge on any atom is -0.448 e. The first kappa shape index (κ1) is 13.2. The van der Waals surface area contributed by atoms with Crippen LogP contribution in [0.25, 0.3) is 0 Å². The van der Waals surface area contributed by atoms with Crippen molar-refractivity contribution in [3.63, 3.8) is 0 Å². The lowest BCUT2D eigenvalue weighted by molar-refractivity contribution is -0.126. The maximum Gasteiger partial charge on any atom is 0.404 e. The monoisotopic (exact) mass is 218 g/mol. The Morgan fingerprint density at radius 3 is 2.33 bits per heavy atom. The molecule has 8 nitrogen and oxygen atoms in total. The van der Waals surface area contributed by atoms with E-state index in [-0.39, 0.29) is 19.6 Å². The van der Waals surface area contributed by atoms with Crippen LogP contribution in [-0.2, 0) is 14.3 Å². The summed E-state index contributed by atoms with van der Waals surface area (Å²) in [6.45, 7) is 0.0264. The molecule has 0 bridgehead atoms. The Morgan fingerprint density at radius 1 is 1.27 bits per heavy atom. The van der Waals surface area contributed by atoms with E-state index in [9.17, 15) is 14.4 Å². The summed E-state index contributed by atoms with van der Waals surface area (Å²) in [5, 5.41) is 2.34. The van der Waals surface area contributed by atoms with E-state index in [2.05, 4.69) is 15.8 Å². The first-order chi connectivity index (χ1) is 6.93. The lowest BCUT2D eigenvalue weighted by atomic mass is 10.2. The van der Waals surface area contributed by atoms with Gasteiger partial charge in [-0.2, -0.15) is 0 Å². The Kier molecular flexibility index (Phi) is 5.79. The predicted octanol–water partition coefficient (Wildman–Crippen LogP) is -2.60. The molecule has 0 saturated heterocycles. The van der Waals surface area contributed by atoms with Gasteiger partial charge in [-0.15, -0.1) is 0 Å². The highest BCUT2D eigenvalue weighted by molar-refractivity contribution is 5.87. The Balaban J connectivity index is 3.64. The molecule has 1 atom stereocenters. The van der Waals surface area contributed by atoms with Gasteiger partial charge in [0.05, 0.1) is 19.0 Å². The van der Waals surface area contributed by atoms with Gasteiger partial charge in [0.25, 0.3) is 0 Å². The fraction of sp³-hybridized carbons (Fsp3) is 0.571. The van der Waals surface area contributed by atoms with Crippen LogP contribution < -0.4 is 22.5 Å². The van der Waals surface area contributed by atoms with Crippen molar-refractivity contribution in [1.82, 2.24) is 5.32 Å². The predicted molar refractivity (Wildman–Crippen MR) is 50.3 cm³/mol. The van der Waals surface area contributed by atoms with Gasteiger partial charge in [0.1, 0.15) is 6.61 Å². The van der Waals surface area contributed by atoms with Crippen molar-refractivity contribution in [2.75, 3.05) is 13.2 Å². The molecule has 0 aliphatic heterocycles. The van der Waals surface area contributed by atoms with Crippen molar-refractivity contribution in [1.29, 1.82) is 0 Å². The van der Waals surface area contributed by atoms with Gasteiger partial charge in [-0.25, -0.2) is 4.79 Å². The van der Waals surface area contributed by atoms with Gasteiger partial charge in [-0.1, -0.05) is 0 Å². The minimum absolute atomic E-state index is 0.0512. The van der Waals surface area contributed by atoms with Crippen molar-refractivity contribution in [2.24, 2.45) is 17.2 Å². The quantitative estimate of drug-likeness (QED) is 0.360. The number of ether oxygens (including phenoxy) is 1. The molecule has 0 aromatic heterocycles. The highest BCUT2D eigenvalue weighted by Gasteiger charge is 2.15. The Labute approximate surface area is 86.1 Å². The molecule has 0 aliphatic carbocycles. The summed E-state index contributed by atoms with van der Waals surface area (Å²) in [7, 11) is 0. The highest BCUT2D eigenvalue weighted by atomic mass is 16.5. The summed E-state index contributed by atoms with van der Waals surface area (Å²) in [6.07, 6.45) is -1.16. The molecule has 0 aliphatic rings. The molecular formula is C7H14N4O4. The number of nitrogens with two attached hydrogens (primary N) is 3. The highest BCUT2D eigenvalue weighted by Crippen LogP contribution is 1.86. The zero-order chi connectivity index (χ0) is 11.8. The number of hydrogen-bond acceptors (Lipinski definition) is 5. The number of carbonyl (C=O) groups is 3. The molecule has 0 aromatic carbocycles. The Hall–Kier alpha value is -1.83. The third-order valence-electron chi connectivity index (χ3n) is 1.40. The second kappa shape index (κ2) is 6.60. The lowest BCUT2D eigenvalue weighted by Crippen LogP contribution is -2.44. The van der Waals surface area contributed by atoms with Gasteiger partial charge in [0.2, 0.25) is 11.8 Å². The molecule has 0 saturated carbocycles. The molecule has 3 amide bonds. The molecule has 7 N–H and O–H groups in total. The second-order valence-corrected chi connectivity index (χ2v) is 2.74. The van der Waals surface area contributed by atoms with Crippen LogP contribution in [0.2, 0.25) is 0 Å². The molecule has 8 heteroatoms. The zero-order valence-corrected chi connectivity index (χ0v) is 8.06. The lowest BCUT2D eigenvalue weighted by Gasteiger charge is -2.09. The summed E-state index contributed by atoms with van der Waals surface area (Å²) < 4.78 is 4.34. The normalized spacial score (nSPS) is 11.5. The first-order valence-electron chi connectivity index (χ1n) is 4.17. The van der Waals surface area contributed by atoms with Gasteiger partial charge in [-0.3, -0.25) is 9.59 Å². The summed E-state index contributed by atoms with van der Waals surface area (Å²) in [6, 6.07) is -0.990. The SMILES string of the molecule is NC(=O)CC(N)C(=O)NCCOC(N)=O. The first-order valence-corrected chi connectivity index (χ1v) is 4.17.